The number of nitrogens with zero attached hydrogens (tertiary/aromatic N) is 1. The molecule has 0 amide bonds. The number of carbonyl (C=O) groups is 1. The molecule has 3 nitrogen and oxygen atoms in total. The van der Waals surface area contributed by atoms with Crippen molar-refractivity contribution in [1.82, 2.24) is 4.90 Å². The molecule has 0 saturated heterocycles. The van der Waals surface area contributed by atoms with Crippen LogP contribution >= 0.6 is 0 Å². The van der Waals surface area contributed by atoms with Crippen molar-refractivity contribution < 1.29 is 14.3 Å². The Morgan fingerprint density at radius 2 is 2.15 bits per heavy atom. The SMILES string of the molecule is CC(C)CCN(C)Cc1ccc(C=CC(=O)O)cc1F. The summed E-state index contributed by atoms with van der Waals surface area (Å²) >= 11 is 0. The summed E-state index contributed by atoms with van der Waals surface area (Å²) in [6.07, 6.45) is 3.47. The third kappa shape index (κ3) is 5.97. The van der Waals surface area contributed by atoms with Crippen LogP contribution in [0.4, 0.5) is 4.39 Å². The van der Waals surface area contributed by atoms with Crippen molar-refractivity contribution in [1.29, 1.82) is 0 Å². The third-order valence-corrected chi connectivity index (χ3v) is 3.02. The van der Waals surface area contributed by atoms with E-state index in [1.54, 1.807) is 12.1 Å². The molecule has 0 fully saturated rings. The smallest absolute Gasteiger partial charge is 0.328 e. The van der Waals surface area contributed by atoms with Gasteiger partial charge in [-0.3, -0.25) is 0 Å². The summed E-state index contributed by atoms with van der Waals surface area (Å²) in [5.41, 5.74) is 1.18. The van der Waals surface area contributed by atoms with Crippen molar-refractivity contribution in [3.05, 3.63) is 41.2 Å². The molecule has 0 aliphatic heterocycles. The highest BCUT2D eigenvalue weighted by molar-refractivity contribution is 5.85. The van der Waals surface area contributed by atoms with E-state index < -0.39 is 5.97 Å². The lowest BCUT2D eigenvalue weighted by Gasteiger charge is -2.18. The molecule has 0 aliphatic rings. The monoisotopic (exact) mass is 279 g/mol. The first-order chi connectivity index (χ1) is 9.38. The number of carboxylic acids is 1. The largest absolute Gasteiger partial charge is 0.478 e. The third-order valence-electron chi connectivity index (χ3n) is 3.02. The van der Waals surface area contributed by atoms with E-state index in [1.165, 1.54) is 12.1 Å². The van der Waals surface area contributed by atoms with Gasteiger partial charge in [-0.2, -0.15) is 0 Å². The van der Waals surface area contributed by atoms with Gasteiger partial charge in [0.25, 0.3) is 0 Å². The number of rotatable bonds is 7. The van der Waals surface area contributed by atoms with Crippen molar-refractivity contribution >= 4 is 12.0 Å². The Morgan fingerprint density at radius 3 is 2.70 bits per heavy atom. The fraction of sp³-hybridized carbons (Fsp3) is 0.438. The molecule has 110 valence electrons. The molecule has 0 aromatic heterocycles. The first-order valence-corrected chi connectivity index (χ1v) is 6.76. The Balaban J connectivity index is 2.66. The van der Waals surface area contributed by atoms with E-state index in [-0.39, 0.29) is 5.82 Å². The topological polar surface area (TPSA) is 40.5 Å². The zero-order valence-corrected chi connectivity index (χ0v) is 12.3. The van der Waals surface area contributed by atoms with E-state index >= 15 is 0 Å². The van der Waals surface area contributed by atoms with Gasteiger partial charge in [-0.25, -0.2) is 9.18 Å². The molecular formula is C16H22FNO2. The molecule has 0 unspecified atom stereocenters. The summed E-state index contributed by atoms with van der Waals surface area (Å²) < 4.78 is 13.9. The second kappa shape index (κ2) is 7.80. The number of carboxylic acid groups (broad SMARTS) is 1. The highest BCUT2D eigenvalue weighted by atomic mass is 19.1. The molecule has 0 radical (unpaired) electrons. The standard InChI is InChI=1S/C16H22FNO2/c1-12(2)8-9-18(3)11-14-6-4-13(10-15(14)17)5-7-16(19)20/h4-7,10,12H,8-9,11H2,1-3H3,(H,19,20). The molecule has 0 atom stereocenters. The predicted molar refractivity (Wildman–Crippen MR) is 78.9 cm³/mol. The maximum absolute atomic E-state index is 13.9. The number of hydrogen-bond acceptors (Lipinski definition) is 2. The normalized spacial score (nSPS) is 11.7. The van der Waals surface area contributed by atoms with E-state index in [1.807, 2.05) is 7.05 Å². The van der Waals surface area contributed by atoms with Crippen LogP contribution in [0.1, 0.15) is 31.4 Å². The summed E-state index contributed by atoms with van der Waals surface area (Å²) in [4.78, 5) is 12.5. The number of benzene rings is 1. The minimum atomic E-state index is -1.04. The van der Waals surface area contributed by atoms with Crippen molar-refractivity contribution in [2.45, 2.75) is 26.8 Å². The van der Waals surface area contributed by atoms with Gasteiger partial charge in [0.05, 0.1) is 0 Å². The zero-order chi connectivity index (χ0) is 15.1. The molecule has 1 N–H and O–H groups in total. The lowest BCUT2D eigenvalue weighted by molar-refractivity contribution is -0.131. The molecule has 0 heterocycles. The summed E-state index contributed by atoms with van der Waals surface area (Å²) in [7, 11) is 1.97. The van der Waals surface area contributed by atoms with Gasteiger partial charge in [-0.05, 0) is 43.6 Å². The van der Waals surface area contributed by atoms with Gasteiger partial charge in [-0.1, -0.05) is 26.0 Å². The molecule has 1 rings (SSSR count). The lowest BCUT2D eigenvalue weighted by Crippen LogP contribution is -2.21. The Labute approximate surface area is 119 Å². The van der Waals surface area contributed by atoms with Crippen molar-refractivity contribution in [3.8, 4) is 0 Å². The van der Waals surface area contributed by atoms with Gasteiger partial charge < -0.3 is 10.0 Å². The molecule has 1 aromatic rings. The fourth-order valence-electron chi connectivity index (χ4n) is 1.81. The van der Waals surface area contributed by atoms with Gasteiger partial charge >= 0.3 is 5.97 Å². The van der Waals surface area contributed by atoms with Crippen LogP contribution in [0.3, 0.4) is 0 Å². The maximum atomic E-state index is 13.9. The molecule has 20 heavy (non-hydrogen) atoms. The molecular weight excluding hydrogens is 257 g/mol. The lowest BCUT2D eigenvalue weighted by atomic mass is 10.1. The van der Waals surface area contributed by atoms with E-state index in [0.717, 1.165) is 19.0 Å². The van der Waals surface area contributed by atoms with Gasteiger partial charge in [0, 0.05) is 18.2 Å². The van der Waals surface area contributed by atoms with Crippen molar-refractivity contribution in [2.24, 2.45) is 5.92 Å². The second-order valence-corrected chi connectivity index (χ2v) is 5.44. The second-order valence-electron chi connectivity index (χ2n) is 5.44. The molecule has 4 heteroatoms. The maximum Gasteiger partial charge on any atom is 0.328 e. The van der Waals surface area contributed by atoms with Gasteiger partial charge in [-0.15, -0.1) is 0 Å². The van der Waals surface area contributed by atoms with Crippen LogP contribution in [0, 0.1) is 11.7 Å². The van der Waals surface area contributed by atoms with E-state index in [9.17, 15) is 9.18 Å². The van der Waals surface area contributed by atoms with E-state index in [2.05, 4.69) is 18.7 Å². The van der Waals surface area contributed by atoms with Gasteiger partial charge in [0.2, 0.25) is 0 Å². The molecule has 0 bridgehead atoms. The van der Waals surface area contributed by atoms with Crippen molar-refractivity contribution in [2.75, 3.05) is 13.6 Å². The quantitative estimate of drug-likeness (QED) is 0.778. The Bertz CT molecular complexity index is 483. The van der Waals surface area contributed by atoms with E-state index in [4.69, 9.17) is 5.11 Å². The summed E-state index contributed by atoms with van der Waals surface area (Å²) in [5.74, 6) is -0.706. The van der Waals surface area contributed by atoms with Gasteiger partial charge in [0.15, 0.2) is 0 Å². The highest BCUT2D eigenvalue weighted by Gasteiger charge is 2.07. The molecule has 1 aromatic carbocycles. The number of hydrogen-bond donors (Lipinski definition) is 1. The summed E-state index contributed by atoms with van der Waals surface area (Å²) in [6, 6.07) is 4.81. The van der Waals surface area contributed by atoms with E-state index in [0.29, 0.717) is 23.6 Å². The van der Waals surface area contributed by atoms with Crippen LogP contribution in [0.15, 0.2) is 24.3 Å². The van der Waals surface area contributed by atoms with Crippen molar-refractivity contribution in [3.63, 3.8) is 0 Å². The first kappa shape index (κ1) is 16.4. The summed E-state index contributed by atoms with van der Waals surface area (Å²) in [5, 5.41) is 8.53. The van der Waals surface area contributed by atoms with Crippen LogP contribution in [-0.4, -0.2) is 29.6 Å². The average Bonchev–Trinajstić information content (AvgIpc) is 2.36. The molecule has 0 saturated carbocycles. The van der Waals surface area contributed by atoms with Gasteiger partial charge in [0.1, 0.15) is 5.82 Å². The van der Waals surface area contributed by atoms with Crippen LogP contribution in [-0.2, 0) is 11.3 Å². The fourth-order valence-corrected chi connectivity index (χ4v) is 1.81. The minimum Gasteiger partial charge on any atom is -0.478 e. The number of aliphatic carboxylic acids is 1. The van der Waals surface area contributed by atoms with Crippen LogP contribution in [0.5, 0.6) is 0 Å². The number of halogens is 1. The average molecular weight is 279 g/mol. The van der Waals surface area contributed by atoms with Crippen LogP contribution in [0.25, 0.3) is 6.08 Å². The van der Waals surface area contributed by atoms with Crippen LogP contribution < -0.4 is 0 Å². The first-order valence-electron chi connectivity index (χ1n) is 6.76. The molecule has 0 aliphatic carbocycles. The zero-order valence-electron chi connectivity index (χ0n) is 12.3. The summed E-state index contributed by atoms with van der Waals surface area (Å²) in [6.45, 7) is 5.81. The minimum absolute atomic E-state index is 0.297. The predicted octanol–water partition coefficient (Wildman–Crippen LogP) is 3.40. The Morgan fingerprint density at radius 1 is 1.45 bits per heavy atom. The Kier molecular flexibility index (Phi) is 6.39. The Hall–Kier alpha value is -1.68. The highest BCUT2D eigenvalue weighted by Crippen LogP contribution is 2.14. The van der Waals surface area contributed by atoms with Crippen LogP contribution in [0.2, 0.25) is 0 Å². The molecule has 0 spiro atoms.